The van der Waals surface area contributed by atoms with Crippen LogP contribution in [0.3, 0.4) is 0 Å². The van der Waals surface area contributed by atoms with E-state index >= 15 is 0 Å². The monoisotopic (exact) mass is 367 g/mol. The first kappa shape index (κ1) is 19.2. The maximum atomic E-state index is 13.4. The number of hydrogen-bond donors (Lipinski definition) is 2. The van der Waals surface area contributed by atoms with Crippen molar-refractivity contribution in [3.05, 3.63) is 35.4 Å². The van der Waals surface area contributed by atoms with Crippen molar-refractivity contribution in [3.8, 4) is 0 Å². The molecule has 144 valence electrons. The van der Waals surface area contributed by atoms with Crippen LogP contribution in [0, 0.1) is 11.6 Å². The number of benzene rings is 1. The van der Waals surface area contributed by atoms with Gasteiger partial charge in [0.15, 0.2) is 17.2 Å². The largest absolute Gasteiger partial charge is 0.379 e. The van der Waals surface area contributed by atoms with Gasteiger partial charge in [0.25, 0.3) is 5.91 Å². The molecule has 1 aromatic rings. The summed E-state index contributed by atoms with van der Waals surface area (Å²) in [7, 11) is 0. The molecule has 0 spiro atoms. The lowest BCUT2D eigenvalue weighted by molar-refractivity contribution is -0.157. The maximum Gasteiger partial charge on any atom is 0.256 e. The first-order valence-corrected chi connectivity index (χ1v) is 9.37. The molecule has 0 aliphatic carbocycles. The number of piperidine rings is 1. The second-order valence-electron chi connectivity index (χ2n) is 7.34. The smallest absolute Gasteiger partial charge is 0.256 e. The molecular weight excluding hydrogens is 340 g/mol. The number of nitrogens with zero attached hydrogens (tertiary/aromatic N) is 2. The molecule has 5 nitrogen and oxygen atoms in total. The van der Waals surface area contributed by atoms with E-state index < -0.39 is 17.2 Å². The van der Waals surface area contributed by atoms with E-state index in [1.165, 1.54) is 23.8 Å². The fraction of sp³-hybridized carbons (Fsp3) is 0.632. The molecule has 0 radical (unpaired) electrons. The highest BCUT2D eigenvalue weighted by Gasteiger charge is 2.41. The van der Waals surface area contributed by atoms with Crippen LogP contribution in [0.15, 0.2) is 18.2 Å². The Balaban J connectivity index is 1.52. The predicted octanol–water partition coefficient (Wildman–Crippen LogP) is 1.50. The molecule has 2 aliphatic rings. The molecule has 3 rings (SSSR count). The molecular formula is C19H27F2N3O2. The number of aliphatic hydroxyl groups is 1. The number of rotatable bonds is 7. The Labute approximate surface area is 153 Å². The zero-order chi connectivity index (χ0) is 18.6. The molecule has 1 amide bonds. The standard InChI is InChI=1S/C19H27F2N3O2/c20-16-5-4-15(12-17(16)21)13-24-10-3-6-19(26,18(24)25)14-22-7-11-23-8-1-2-9-23/h4-5,12,22,26H,1-3,6-11,13-14H2/t19-/m0/s1. The van der Waals surface area contributed by atoms with Gasteiger partial charge in [0, 0.05) is 32.7 Å². The summed E-state index contributed by atoms with van der Waals surface area (Å²) in [6, 6.07) is 3.63. The van der Waals surface area contributed by atoms with Crippen LogP contribution in [0.4, 0.5) is 8.78 Å². The van der Waals surface area contributed by atoms with Crippen LogP contribution in [0.25, 0.3) is 0 Å². The summed E-state index contributed by atoms with van der Waals surface area (Å²) in [5, 5.41) is 14.0. The third-order valence-electron chi connectivity index (χ3n) is 5.28. The average molecular weight is 367 g/mol. The minimum absolute atomic E-state index is 0.173. The molecule has 2 saturated heterocycles. The van der Waals surface area contributed by atoms with Gasteiger partial charge < -0.3 is 20.2 Å². The Hall–Kier alpha value is -1.57. The fourth-order valence-corrected chi connectivity index (χ4v) is 3.78. The van der Waals surface area contributed by atoms with Crippen molar-refractivity contribution in [1.82, 2.24) is 15.1 Å². The van der Waals surface area contributed by atoms with Crippen molar-refractivity contribution in [3.63, 3.8) is 0 Å². The Morgan fingerprint density at radius 3 is 2.62 bits per heavy atom. The first-order valence-electron chi connectivity index (χ1n) is 9.37. The number of amides is 1. The van der Waals surface area contributed by atoms with E-state index in [1.54, 1.807) is 0 Å². The van der Waals surface area contributed by atoms with Gasteiger partial charge in [-0.25, -0.2) is 8.78 Å². The molecule has 7 heteroatoms. The average Bonchev–Trinajstić information content (AvgIpc) is 3.13. The zero-order valence-electron chi connectivity index (χ0n) is 15.0. The SMILES string of the molecule is O=C1N(Cc2ccc(F)c(F)c2)CCC[C@]1(O)CNCCN1CCCC1. The van der Waals surface area contributed by atoms with E-state index in [9.17, 15) is 18.7 Å². The lowest BCUT2D eigenvalue weighted by atomic mass is 9.91. The molecule has 2 heterocycles. The number of halogens is 2. The van der Waals surface area contributed by atoms with E-state index in [4.69, 9.17) is 0 Å². The zero-order valence-corrected chi connectivity index (χ0v) is 15.0. The van der Waals surface area contributed by atoms with Gasteiger partial charge in [0.1, 0.15) is 0 Å². The van der Waals surface area contributed by atoms with Gasteiger partial charge >= 0.3 is 0 Å². The van der Waals surface area contributed by atoms with Gasteiger partial charge in [-0.1, -0.05) is 6.07 Å². The summed E-state index contributed by atoms with van der Waals surface area (Å²) >= 11 is 0. The van der Waals surface area contributed by atoms with Gasteiger partial charge in [-0.3, -0.25) is 4.79 Å². The molecule has 0 bridgehead atoms. The number of carbonyl (C=O) groups excluding carboxylic acids is 1. The third kappa shape index (κ3) is 4.58. The van der Waals surface area contributed by atoms with E-state index in [2.05, 4.69) is 10.2 Å². The molecule has 26 heavy (non-hydrogen) atoms. The van der Waals surface area contributed by atoms with Crippen molar-refractivity contribution in [2.45, 2.75) is 37.8 Å². The Morgan fingerprint density at radius 2 is 1.88 bits per heavy atom. The summed E-state index contributed by atoms with van der Waals surface area (Å²) < 4.78 is 26.4. The highest BCUT2D eigenvalue weighted by Crippen LogP contribution is 2.24. The lowest BCUT2D eigenvalue weighted by Crippen LogP contribution is -2.58. The predicted molar refractivity (Wildman–Crippen MR) is 94.5 cm³/mol. The molecule has 2 aliphatic heterocycles. The highest BCUT2D eigenvalue weighted by molar-refractivity contribution is 5.86. The van der Waals surface area contributed by atoms with Crippen molar-refractivity contribution >= 4 is 5.91 Å². The van der Waals surface area contributed by atoms with Gasteiger partial charge in [0.05, 0.1) is 0 Å². The summed E-state index contributed by atoms with van der Waals surface area (Å²) in [5.41, 5.74) is -0.912. The molecule has 1 atom stereocenters. The summed E-state index contributed by atoms with van der Waals surface area (Å²) in [4.78, 5) is 16.6. The number of hydrogen-bond acceptors (Lipinski definition) is 4. The maximum absolute atomic E-state index is 13.4. The van der Waals surface area contributed by atoms with Crippen molar-refractivity contribution < 1.29 is 18.7 Å². The minimum Gasteiger partial charge on any atom is -0.379 e. The number of nitrogens with one attached hydrogen (secondary N) is 1. The highest BCUT2D eigenvalue weighted by atomic mass is 19.2. The van der Waals surface area contributed by atoms with Gasteiger partial charge in [-0.2, -0.15) is 0 Å². The topological polar surface area (TPSA) is 55.8 Å². The van der Waals surface area contributed by atoms with Crippen molar-refractivity contribution in [1.29, 1.82) is 0 Å². The second-order valence-corrected chi connectivity index (χ2v) is 7.34. The minimum atomic E-state index is -1.43. The van der Waals surface area contributed by atoms with E-state index in [1.807, 2.05) is 0 Å². The van der Waals surface area contributed by atoms with Crippen molar-refractivity contribution in [2.75, 3.05) is 39.3 Å². The molecule has 1 aromatic carbocycles. The van der Waals surface area contributed by atoms with E-state index in [0.29, 0.717) is 24.9 Å². The van der Waals surface area contributed by atoms with Crippen LogP contribution >= 0.6 is 0 Å². The molecule has 0 aromatic heterocycles. The number of carbonyl (C=O) groups is 1. The van der Waals surface area contributed by atoms with Crippen LogP contribution in [-0.4, -0.2) is 65.7 Å². The Morgan fingerprint density at radius 1 is 1.12 bits per heavy atom. The molecule has 0 saturated carbocycles. The third-order valence-corrected chi connectivity index (χ3v) is 5.28. The molecule has 2 fully saturated rings. The normalized spacial score (nSPS) is 24.4. The summed E-state index contributed by atoms with van der Waals surface area (Å²) in [6.45, 7) is 4.79. The summed E-state index contributed by atoms with van der Waals surface area (Å²) in [6.07, 6.45) is 3.57. The Bertz CT molecular complexity index is 637. The van der Waals surface area contributed by atoms with Gasteiger partial charge in [0.2, 0.25) is 0 Å². The Kier molecular flexibility index (Phi) is 6.21. The van der Waals surface area contributed by atoms with Crippen LogP contribution in [0.2, 0.25) is 0 Å². The summed E-state index contributed by atoms with van der Waals surface area (Å²) in [5.74, 6) is -2.18. The van der Waals surface area contributed by atoms with Crippen LogP contribution in [-0.2, 0) is 11.3 Å². The second kappa shape index (κ2) is 8.41. The lowest BCUT2D eigenvalue weighted by Gasteiger charge is -2.38. The van der Waals surface area contributed by atoms with Gasteiger partial charge in [-0.05, 0) is 56.5 Å². The van der Waals surface area contributed by atoms with Crippen LogP contribution in [0.1, 0.15) is 31.2 Å². The molecule has 2 N–H and O–H groups in total. The van der Waals surface area contributed by atoms with Crippen molar-refractivity contribution in [2.24, 2.45) is 0 Å². The number of likely N-dealkylation sites (tertiary alicyclic amines) is 2. The molecule has 0 unspecified atom stereocenters. The van der Waals surface area contributed by atoms with E-state index in [-0.39, 0.29) is 19.0 Å². The quantitative estimate of drug-likeness (QED) is 0.718. The van der Waals surface area contributed by atoms with Gasteiger partial charge in [-0.15, -0.1) is 0 Å². The fourth-order valence-electron chi connectivity index (χ4n) is 3.78. The van der Waals surface area contributed by atoms with E-state index in [0.717, 1.165) is 38.3 Å². The first-order chi connectivity index (χ1) is 12.5. The van der Waals surface area contributed by atoms with Crippen LogP contribution < -0.4 is 5.32 Å². The van der Waals surface area contributed by atoms with Crippen LogP contribution in [0.5, 0.6) is 0 Å².